The van der Waals surface area contributed by atoms with Gasteiger partial charge in [0.1, 0.15) is 5.02 Å². The van der Waals surface area contributed by atoms with Gasteiger partial charge in [-0.3, -0.25) is 5.43 Å². The number of nitrogen functional groups attached to an aromatic ring is 1. The van der Waals surface area contributed by atoms with Crippen LogP contribution in [0.15, 0.2) is 30.5 Å². The smallest absolute Gasteiger partial charge is 0.239 e. The van der Waals surface area contributed by atoms with Crippen molar-refractivity contribution in [2.45, 2.75) is 0 Å². The third-order valence-corrected chi connectivity index (χ3v) is 3.22. The molecule has 0 saturated heterocycles. The number of rotatable bonds is 3. The van der Waals surface area contributed by atoms with Crippen LogP contribution in [0.3, 0.4) is 0 Å². The Morgan fingerprint density at radius 1 is 1.29 bits per heavy atom. The third-order valence-electron chi connectivity index (χ3n) is 2.00. The van der Waals surface area contributed by atoms with Gasteiger partial charge in [0.15, 0.2) is 5.82 Å². The highest BCUT2D eigenvalue weighted by molar-refractivity contribution is 14.1. The summed E-state index contributed by atoms with van der Waals surface area (Å²) in [5.74, 6) is 6.07. The van der Waals surface area contributed by atoms with Crippen LogP contribution in [0.25, 0.3) is 0 Å². The molecule has 17 heavy (non-hydrogen) atoms. The molecule has 1 heterocycles. The van der Waals surface area contributed by atoms with Gasteiger partial charge in [-0.25, -0.2) is 10.8 Å². The summed E-state index contributed by atoms with van der Waals surface area (Å²) in [6.07, 6.45) is 1.49. The van der Waals surface area contributed by atoms with Crippen molar-refractivity contribution in [3.63, 3.8) is 0 Å². The van der Waals surface area contributed by atoms with E-state index in [-0.39, 0.29) is 0 Å². The number of hydrazine groups is 1. The molecule has 0 spiro atoms. The number of hydrogen-bond donors (Lipinski definition) is 3. The second kappa shape index (κ2) is 5.48. The van der Waals surface area contributed by atoms with Crippen molar-refractivity contribution in [1.29, 1.82) is 0 Å². The molecular formula is C10H9ClIN5. The van der Waals surface area contributed by atoms with Crippen molar-refractivity contribution in [2.75, 3.05) is 10.7 Å². The first-order valence-electron chi connectivity index (χ1n) is 4.71. The van der Waals surface area contributed by atoms with Crippen LogP contribution in [0, 0.1) is 3.57 Å². The molecule has 88 valence electrons. The molecule has 4 N–H and O–H groups in total. The number of para-hydroxylation sites is 1. The predicted octanol–water partition coefficient (Wildman–Crippen LogP) is 2.76. The van der Waals surface area contributed by atoms with Crippen molar-refractivity contribution in [2.24, 2.45) is 5.84 Å². The molecule has 2 rings (SSSR count). The Morgan fingerprint density at radius 2 is 2.06 bits per heavy atom. The summed E-state index contributed by atoms with van der Waals surface area (Å²) in [5, 5.41) is 3.56. The molecule has 0 aliphatic heterocycles. The van der Waals surface area contributed by atoms with E-state index in [9.17, 15) is 0 Å². The van der Waals surface area contributed by atoms with E-state index in [1.54, 1.807) is 0 Å². The largest absolute Gasteiger partial charge is 0.338 e. The molecule has 2 aromatic rings. The average molecular weight is 362 g/mol. The van der Waals surface area contributed by atoms with Crippen LogP contribution in [-0.4, -0.2) is 9.97 Å². The SMILES string of the molecule is NNc1ncc(Cl)c(Nc2ccccc2I)n1. The van der Waals surface area contributed by atoms with Gasteiger partial charge in [-0.15, -0.1) is 0 Å². The fourth-order valence-corrected chi connectivity index (χ4v) is 1.88. The molecule has 0 saturated carbocycles. The number of anilines is 3. The molecule has 5 nitrogen and oxygen atoms in total. The van der Waals surface area contributed by atoms with E-state index >= 15 is 0 Å². The topological polar surface area (TPSA) is 75.9 Å². The van der Waals surface area contributed by atoms with Crippen LogP contribution in [0.1, 0.15) is 0 Å². The van der Waals surface area contributed by atoms with Crippen molar-refractivity contribution in [3.05, 3.63) is 39.1 Å². The summed E-state index contributed by atoms with van der Waals surface area (Å²) >= 11 is 8.22. The van der Waals surface area contributed by atoms with Crippen LogP contribution in [0.5, 0.6) is 0 Å². The van der Waals surface area contributed by atoms with E-state index in [0.717, 1.165) is 9.26 Å². The van der Waals surface area contributed by atoms with Crippen molar-refractivity contribution in [1.82, 2.24) is 9.97 Å². The van der Waals surface area contributed by atoms with Crippen LogP contribution >= 0.6 is 34.2 Å². The number of nitrogens with zero attached hydrogens (tertiary/aromatic N) is 2. The Morgan fingerprint density at radius 3 is 2.76 bits per heavy atom. The van der Waals surface area contributed by atoms with Gasteiger partial charge >= 0.3 is 0 Å². The number of aromatic nitrogens is 2. The van der Waals surface area contributed by atoms with E-state index in [2.05, 4.69) is 43.3 Å². The van der Waals surface area contributed by atoms with Crippen LogP contribution in [-0.2, 0) is 0 Å². The van der Waals surface area contributed by atoms with Gasteiger partial charge in [0, 0.05) is 3.57 Å². The third kappa shape index (κ3) is 2.96. The molecule has 0 aliphatic carbocycles. The minimum absolute atomic E-state index is 0.308. The first-order chi connectivity index (χ1) is 8.20. The maximum absolute atomic E-state index is 6.00. The van der Waals surface area contributed by atoms with Crippen LogP contribution < -0.4 is 16.6 Å². The molecule has 7 heteroatoms. The van der Waals surface area contributed by atoms with E-state index in [1.165, 1.54) is 6.20 Å². The normalized spacial score (nSPS) is 10.1. The molecule has 0 bridgehead atoms. The standard InChI is InChI=1S/C10H9ClIN5/c11-6-5-14-10(17-13)16-9(6)15-8-4-2-1-3-7(8)12/h1-5H,13H2,(H2,14,15,16,17). The Balaban J connectivity index is 2.32. The monoisotopic (exact) mass is 361 g/mol. The van der Waals surface area contributed by atoms with Gasteiger partial charge in [-0.2, -0.15) is 4.98 Å². The molecular weight excluding hydrogens is 353 g/mol. The molecule has 0 radical (unpaired) electrons. The zero-order chi connectivity index (χ0) is 12.3. The molecule has 0 fully saturated rings. The number of halogens is 2. The van der Waals surface area contributed by atoms with Gasteiger partial charge in [0.05, 0.1) is 11.9 Å². The van der Waals surface area contributed by atoms with Crippen LogP contribution in [0.4, 0.5) is 17.5 Å². The summed E-state index contributed by atoms with van der Waals surface area (Å²) in [5.41, 5.74) is 3.30. The minimum Gasteiger partial charge on any atom is -0.338 e. The first-order valence-corrected chi connectivity index (χ1v) is 6.17. The molecule has 0 unspecified atom stereocenters. The van der Waals surface area contributed by atoms with Gasteiger partial charge < -0.3 is 5.32 Å². The molecule has 0 amide bonds. The van der Waals surface area contributed by atoms with E-state index in [4.69, 9.17) is 17.4 Å². The first kappa shape index (κ1) is 12.3. The van der Waals surface area contributed by atoms with Gasteiger partial charge in [0.25, 0.3) is 0 Å². The highest BCUT2D eigenvalue weighted by Crippen LogP contribution is 2.26. The fourth-order valence-electron chi connectivity index (χ4n) is 1.21. The maximum atomic E-state index is 6.00. The Hall–Kier alpha value is -1.12. The summed E-state index contributed by atoms with van der Waals surface area (Å²) in [6.45, 7) is 0. The Labute approximate surface area is 117 Å². The maximum Gasteiger partial charge on any atom is 0.239 e. The summed E-state index contributed by atoms with van der Waals surface area (Å²) in [4.78, 5) is 8.03. The number of nitrogens with two attached hydrogens (primary N) is 1. The second-order valence-corrected chi connectivity index (χ2v) is 4.71. The predicted molar refractivity (Wildman–Crippen MR) is 77.3 cm³/mol. The Bertz CT molecular complexity index is 534. The lowest BCUT2D eigenvalue weighted by Gasteiger charge is -2.09. The molecule has 1 aromatic heterocycles. The molecule has 0 aliphatic rings. The summed E-state index contributed by atoms with van der Waals surface area (Å²) in [6, 6.07) is 7.82. The van der Waals surface area contributed by atoms with Crippen molar-refractivity contribution in [3.8, 4) is 0 Å². The van der Waals surface area contributed by atoms with Crippen molar-refractivity contribution < 1.29 is 0 Å². The van der Waals surface area contributed by atoms with E-state index < -0.39 is 0 Å². The zero-order valence-corrected chi connectivity index (χ0v) is 11.5. The quantitative estimate of drug-likeness (QED) is 0.445. The minimum atomic E-state index is 0.308. The van der Waals surface area contributed by atoms with Gasteiger partial charge in [-0.05, 0) is 34.7 Å². The average Bonchev–Trinajstić information content (AvgIpc) is 2.35. The van der Waals surface area contributed by atoms with Crippen LogP contribution in [0.2, 0.25) is 5.02 Å². The molecule has 0 atom stereocenters. The Kier molecular flexibility index (Phi) is 3.97. The fraction of sp³-hybridized carbons (Fsp3) is 0. The number of nitrogens with one attached hydrogen (secondary N) is 2. The zero-order valence-electron chi connectivity index (χ0n) is 8.61. The lowest BCUT2D eigenvalue weighted by atomic mass is 10.3. The van der Waals surface area contributed by atoms with Gasteiger partial charge in [-0.1, -0.05) is 23.7 Å². The lowest BCUT2D eigenvalue weighted by Crippen LogP contribution is -2.11. The summed E-state index contributed by atoms with van der Waals surface area (Å²) < 4.78 is 1.07. The lowest BCUT2D eigenvalue weighted by molar-refractivity contribution is 1.12. The number of hydrogen-bond acceptors (Lipinski definition) is 5. The highest BCUT2D eigenvalue weighted by Gasteiger charge is 2.06. The van der Waals surface area contributed by atoms with E-state index in [1.807, 2.05) is 24.3 Å². The number of benzene rings is 1. The second-order valence-electron chi connectivity index (χ2n) is 3.14. The van der Waals surface area contributed by atoms with Gasteiger partial charge in [0.2, 0.25) is 5.95 Å². The summed E-state index contributed by atoms with van der Waals surface area (Å²) in [7, 11) is 0. The molecule has 1 aromatic carbocycles. The van der Waals surface area contributed by atoms with E-state index in [0.29, 0.717) is 16.8 Å². The van der Waals surface area contributed by atoms with Crippen molar-refractivity contribution >= 4 is 51.6 Å². The highest BCUT2D eigenvalue weighted by atomic mass is 127.